The third kappa shape index (κ3) is 4.22. The average Bonchev–Trinajstić information content (AvgIpc) is 2.82. The minimum Gasteiger partial charge on any atom is -0.465 e. The highest BCUT2D eigenvalue weighted by Crippen LogP contribution is 2.16. The van der Waals surface area contributed by atoms with E-state index >= 15 is 0 Å². The van der Waals surface area contributed by atoms with Gasteiger partial charge in [-0.3, -0.25) is 4.90 Å². The van der Waals surface area contributed by atoms with Crippen molar-refractivity contribution in [2.45, 2.75) is 32.9 Å². The maximum atomic E-state index is 6.24. The van der Waals surface area contributed by atoms with Gasteiger partial charge in [0.25, 0.3) is 0 Å². The predicted molar refractivity (Wildman–Crippen MR) is 82.5 cm³/mol. The summed E-state index contributed by atoms with van der Waals surface area (Å²) in [6.07, 6.45) is 0.944. The lowest BCUT2D eigenvalue weighted by atomic mass is 10.0. The Bertz CT molecular complexity index is 530. The summed E-state index contributed by atoms with van der Waals surface area (Å²) in [5.74, 6) is 1.97. The highest BCUT2D eigenvalue weighted by molar-refractivity contribution is 5.23. The Morgan fingerprint density at radius 3 is 2.40 bits per heavy atom. The zero-order valence-electron chi connectivity index (χ0n) is 12.6. The van der Waals surface area contributed by atoms with Crippen molar-refractivity contribution < 1.29 is 4.42 Å². The number of nitrogens with zero attached hydrogens (tertiary/aromatic N) is 1. The van der Waals surface area contributed by atoms with E-state index in [0.717, 1.165) is 31.0 Å². The first-order valence-electron chi connectivity index (χ1n) is 7.10. The first-order chi connectivity index (χ1) is 9.54. The van der Waals surface area contributed by atoms with Crippen LogP contribution in [0.1, 0.15) is 35.1 Å². The quantitative estimate of drug-likeness (QED) is 0.876. The van der Waals surface area contributed by atoms with Crippen LogP contribution in [0.15, 0.2) is 40.8 Å². The molecule has 20 heavy (non-hydrogen) atoms. The Labute approximate surface area is 121 Å². The molecule has 0 amide bonds. The molecule has 0 radical (unpaired) electrons. The van der Waals surface area contributed by atoms with Gasteiger partial charge in [0.05, 0.1) is 6.54 Å². The molecule has 0 aliphatic carbocycles. The molecule has 2 aromatic rings. The van der Waals surface area contributed by atoms with Gasteiger partial charge in [0.2, 0.25) is 0 Å². The normalized spacial score (nSPS) is 12.8. The van der Waals surface area contributed by atoms with Gasteiger partial charge in [0.1, 0.15) is 11.5 Å². The Morgan fingerprint density at radius 1 is 1.10 bits per heavy atom. The van der Waals surface area contributed by atoms with Crippen molar-refractivity contribution in [1.82, 2.24) is 4.90 Å². The van der Waals surface area contributed by atoms with E-state index in [-0.39, 0.29) is 6.04 Å². The van der Waals surface area contributed by atoms with E-state index in [1.807, 2.05) is 19.1 Å². The Hall–Kier alpha value is -1.58. The van der Waals surface area contributed by atoms with Gasteiger partial charge in [-0.1, -0.05) is 29.8 Å². The summed E-state index contributed by atoms with van der Waals surface area (Å²) in [4.78, 5) is 2.24. The maximum Gasteiger partial charge on any atom is 0.118 e. The van der Waals surface area contributed by atoms with Gasteiger partial charge in [-0.15, -0.1) is 0 Å². The largest absolute Gasteiger partial charge is 0.465 e. The maximum absolute atomic E-state index is 6.24. The molecule has 0 aliphatic rings. The second-order valence-electron chi connectivity index (χ2n) is 5.56. The molecule has 1 heterocycles. The Morgan fingerprint density at radius 2 is 1.80 bits per heavy atom. The van der Waals surface area contributed by atoms with Crippen LogP contribution >= 0.6 is 0 Å². The lowest BCUT2D eigenvalue weighted by Gasteiger charge is -2.18. The summed E-state index contributed by atoms with van der Waals surface area (Å²) in [6, 6.07) is 12.6. The zero-order valence-corrected chi connectivity index (χ0v) is 12.6. The molecule has 0 saturated heterocycles. The van der Waals surface area contributed by atoms with Crippen molar-refractivity contribution >= 4 is 0 Å². The molecule has 2 N–H and O–H groups in total. The summed E-state index contributed by atoms with van der Waals surface area (Å²) >= 11 is 0. The van der Waals surface area contributed by atoms with Crippen LogP contribution < -0.4 is 5.73 Å². The Kier molecular flexibility index (Phi) is 4.99. The number of furan rings is 1. The molecule has 1 atom stereocenters. The number of hydrogen-bond acceptors (Lipinski definition) is 3. The number of rotatable bonds is 6. The summed E-state index contributed by atoms with van der Waals surface area (Å²) in [6.45, 7) is 5.84. The van der Waals surface area contributed by atoms with Crippen LogP contribution in [0.3, 0.4) is 0 Å². The molecule has 0 saturated carbocycles. The molecule has 0 fully saturated rings. The third-order valence-electron chi connectivity index (χ3n) is 3.55. The smallest absolute Gasteiger partial charge is 0.118 e. The molecule has 1 unspecified atom stereocenters. The van der Waals surface area contributed by atoms with E-state index in [0.29, 0.717) is 0 Å². The summed E-state index contributed by atoms with van der Waals surface area (Å²) in [5.41, 5.74) is 8.72. The third-order valence-corrected chi connectivity index (χ3v) is 3.55. The lowest BCUT2D eigenvalue weighted by molar-refractivity contribution is 0.281. The van der Waals surface area contributed by atoms with E-state index in [2.05, 4.69) is 43.1 Å². The highest BCUT2D eigenvalue weighted by atomic mass is 16.3. The Balaban J connectivity index is 1.80. The van der Waals surface area contributed by atoms with Crippen molar-refractivity contribution in [2.75, 3.05) is 13.6 Å². The van der Waals surface area contributed by atoms with Gasteiger partial charge < -0.3 is 10.2 Å². The fourth-order valence-electron chi connectivity index (χ4n) is 2.25. The molecule has 0 bridgehead atoms. The summed E-state index contributed by atoms with van der Waals surface area (Å²) in [7, 11) is 2.10. The molecule has 1 aromatic heterocycles. The van der Waals surface area contributed by atoms with Gasteiger partial charge in [-0.05, 0) is 45.0 Å². The predicted octanol–water partition coefficient (Wildman–Crippen LogP) is 3.42. The lowest BCUT2D eigenvalue weighted by Crippen LogP contribution is -2.23. The van der Waals surface area contributed by atoms with E-state index in [1.54, 1.807) is 0 Å². The van der Waals surface area contributed by atoms with Crippen LogP contribution in [0.2, 0.25) is 0 Å². The van der Waals surface area contributed by atoms with Crippen molar-refractivity contribution in [1.29, 1.82) is 0 Å². The minimum absolute atomic E-state index is 0.0939. The topological polar surface area (TPSA) is 42.4 Å². The summed E-state index contributed by atoms with van der Waals surface area (Å²) in [5, 5.41) is 0. The van der Waals surface area contributed by atoms with Crippen LogP contribution in [0.5, 0.6) is 0 Å². The van der Waals surface area contributed by atoms with E-state index in [1.165, 1.54) is 11.1 Å². The molecule has 3 nitrogen and oxygen atoms in total. The molecule has 1 aromatic carbocycles. The molecular weight excluding hydrogens is 248 g/mol. The van der Waals surface area contributed by atoms with E-state index in [9.17, 15) is 0 Å². The molecule has 0 aliphatic heterocycles. The van der Waals surface area contributed by atoms with Crippen LogP contribution in [-0.2, 0) is 6.54 Å². The fraction of sp³-hybridized carbons (Fsp3) is 0.412. The van der Waals surface area contributed by atoms with Crippen LogP contribution in [0, 0.1) is 13.8 Å². The zero-order chi connectivity index (χ0) is 14.5. The van der Waals surface area contributed by atoms with Gasteiger partial charge in [-0.2, -0.15) is 0 Å². The van der Waals surface area contributed by atoms with E-state index in [4.69, 9.17) is 10.2 Å². The van der Waals surface area contributed by atoms with Gasteiger partial charge in [0, 0.05) is 12.6 Å². The van der Waals surface area contributed by atoms with Crippen LogP contribution in [0.4, 0.5) is 0 Å². The molecular formula is C17H24N2O. The van der Waals surface area contributed by atoms with Crippen molar-refractivity contribution in [3.63, 3.8) is 0 Å². The first-order valence-corrected chi connectivity index (χ1v) is 7.10. The van der Waals surface area contributed by atoms with Crippen molar-refractivity contribution in [3.8, 4) is 0 Å². The number of aryl methyl sites for hydroxylation is 2. The average molecular weight is 272 g/mol. The van der Waals surface area contributed by atoms with E-state index < -0.39 is 0 Å². The SMILES string of the molecule is Cc1ccc(C(N)CCN(C)Cc2ccc(C)o2)cc1. The molecule has 2 rings (SSSR count). The standard InChI is InChI=1S/C17H24N2O/c1-13-4-7-15(8-5-13)17(18)10-11-19(3)12-16-9-6-14(2)20-16/h4-9,17H,10-12,18H2,1-3H3. The number of nitrogens with two attached hydrogens (primary N) is 1. The van der Waals surface area contributed by atoms with Gasteiger partial charge in [0.15, 0.2) is 0 Å². The molecule has 108 valence electrons. The highest BCUT2D eigenvalue weighted by Gasteiger charge is 2.09. The second kappa shape index (κ2) is 6.73. The first kappa shape index (κ1) is 14.8. The van der Waals surface area contributed by atoms with Crippen molar-refractivity contribution in [3.05, 3.63) is 59.0 Å². The fourth-order valence-corrected chi connectivity index (χ4v) is 2.25. The molecule has 3 heteroatoms. The van der Waals surface area contributed by atoms with Gasteiger partial charge >= 0.3 is 0 Å². The second-order valence-corrected chi connectivity index (χ2v) is 5.56. The monoisotopic (exact) mass is 272 g/mol. The number of benzene rings is 1. The van der Waals surface area contributed by atoms with Crippen molar-refractivity contribution in [2.24, 2.45) is 5.73 Å². The number of hydrogen-bond donors (Lipinski definition) is 1. The van der Waals surface area contributed by atoms with Gasteiger partial charge in [-0.25, -0.2) is 0 Å². The van der Waals surface area contributed by atoms with Crippen LogP contribution in [0.25, 0.3) is 0 Å². The summed E-state index contributed by atoms with van der Waals surface area (Å²) < 4.78 is 5.59. The minimum atomic E-state index is 0.0939. The molecule has 0 spiro atoms. The van der Waals surface area contributed by atoms with Crippen LogP contribution in [-0.4, -0.2) is 18.5 Å².